The van der Waals surface area contributed by atoms with Gasteiger partial charge < -0.3 is 9.80 Å². The molecule has 0 unspecified atom stereocenters. The molecule has 4 nitrogen and oxygen atoms in total. The van der Waals surface area contributed by atoms with Crippen molar-refractivity contribution < 1.29 is 4.79 Å². The molecule has 0 saturated carbocycles. The predicted molar refractivity (Wildman–Crippen MR) is 118 cm³/mol. The molecule has 3 aliphatic heterocycles. The number of anilines is 1. The number of amides is 1. The highest BCUT2D eigenvalue weighted by atomic mass is 16.2. The van der Waals surface area contributed by atoms with Gasteiger partial charge in [-0.2, -0.15) is 0 Å². The Hall–Kier alpha value is -2.10. The smallest absolute Gasteiger partial charge is 0.223 e. The lowest BCUT2D eigenvalue weighted by atomic mass is 9.70. The lowest BCUT2D eigenvalue weighted by Gasteiger charge is -2.57. The van der Waals surface area contributed by atoms with Gasteiger partial charge in [-0.25, -0.2) is 4.98 Å². The number of pyridine rings is 1. The van der Waals surface area contributed by atoms with Gasteiger partial charge in [-0.1, -0.05) is 38.1 Å². The highest BCUT2D eigenvalue weighted by molar-refractivity contribution is 5.92. The first-order valence-corrected chi connectivity index (χ1v) is 11.5. The maximum absolute atomic E-state index is 12.9. The number of aromatic nitrogens is 1. The topological polar surface area (TPSA) is 36.4 Å². The largest absolute Gasteiger partial charge is 0.355 e. The average molecular weight is 392 g/mol. The van der Waals surface area contributed by atoms with Crippen LogP contribution in [0, 0.1) is 17.8 Å². The fraction of sp³-hybridized carbons (Fsp3) is 0.600. The number of carbonyl (C=O) groups is 1. The lowest BCUT2D eigenvalue weighted by Crippen LogP contribution is -2.65. The van der Waals surface area contributed by atoms with Crippen LogP contribution < -0.4 is 4.90 Å². The molecule has 29 heavy (non-hydrogen) atoms. The van der Waals surface area contributed by atoms with Crippen LogP contribution in [-0.4, -0.2) is 41.0 Å². The fourth-order valence-electron chi connectivity index (χ4n) is 6.18. The van der Waals surface area contributed by atoms with Crippen molar-refractivity contribution in [3.05, 3.63) is 36.5 Å². The van der Waals surface area contributed by atoms with E-state index >= 15 is 0 Å². The molecule has 5 rings (SSSR count). The molecule has 3 fully saturated rings. The summed E-state index contributed by atoms with van der Waals surface area (Å²) in [5, 5.41) is 2.52. The Labute approximate surface area is 174 Å². The number of benzene rings is 1. The number of rotatable bonds is 4. The highest BCUT2D eigenvalue weighted by Crippen LogP contribution is 2.44. The molecular weight excluding hydrogens is 358 g/mol. The molecule has 2 bridgehead atoms. The molecule has 4 heteroatoms. The SMILES string of the molecule is CC(C)CC[C@H]1[C@H]2C[C@H](CN(c3nccc4ccccc34)C2)[C@@H]2CCCC(=O)N21. The van der Waals surface area contributed by atoms with Gasteiger partial charge in [-0.3, -0.25) is 4.79 Å². The lowest BCUT2D eigenvalue weighted by molar-refractivity contribution is -0.149. The van der Waals surface area contributed by atoms with Crippen molar-refractivity contribution in [2.75, 3.05) is 18.0 Å². The van der Waals surface area contributed by atoms with Crippen molar-refractivity contribution in [3.63, 3.8) is 0 Å². The van der Waals surface area contributed by atoms with E-state index < -0.39 is 0 Å². The van der Waals surface area contributed by atoms with Crippen LogP contribution in [0.4, 0.5) is 5.82 Å². The third kappa shape index (κ3) is 3.41. The number of carbonyl (C=O) groups excluding carboxylic acids is 1. The molecule has 0 spiro atoms. The van der Waals surface area contributed by atoms with E-state index in [-0.39, 0.29) is 0 Å². The predicted octanol–water partition coefficient (Wildman–Crippen LogP) is 4.88. The van der Waals surface area contributed by atoms with Crippen LogP contribution in [0.1, 0.15) is 52.4 Å². The quantitative estimate of drug-likeness (QED) is 0.745. The van der Waals surface area contributed by atoms with Crippen LogP contribution in [0.2, 0.25) is 0 Å². The molecule has 0 aliphatic carbocycles. The van der Waals surface area contributed by atoms with Crippen molar-refractivity contribution in [3.8, 4) is 0 Å². The molecule has 154 valence electrons. The Morgan fingerprint density at radius 3 is 2.83 bits per heavy atom. The zero-order valence-corrected chi connectivity index (χ0v) is 17.8. The van der Waals surface area contributed by atoms with Crippen LogP contribution in [-0.2, 0) is 4.79 Å². The summed E-state index contributed by atoms with van der Waals surface area (Å²) < 4.78 is 0. The molecule has 4 heterocycles. The van der Waals surface area contributed by atoms with Crippen molar-refractivity contribution in [1.29, 1.82) is 0 Å². The summed E-state index contributed by atoms with van der Waals surface area (Å²) in [6, 6.07) is 11.5. The van der Waals surface area contributed by atoms with Gasteiger partial charge in [0.05, 0.1) is 0 Å². The standard InChI is InChI=1S/C25H33N3O/c1-17(2)10-11-23-20-14-19(22-8-5-9-24(29)28(22)23)15-27(16-20)25-21-7-4-3-6-18(21)12-13-26-25/h3-4,6-7,12-13,17,19-20,22-23H,5,8-11,14-16H2,1-2H3/t19-,20+,22+,23+/m1/s1. The van der Waals surface area contributed by atoms with Crippen LogP contribution >= 0.6 is 0 Å². The van der Waals surface area contributed by atoms with E-state index in [0.29, 0.717) is 35.7 Å². The van der Waals surface area contributed by atoms with Crippen molar-refractivity contribution >= 4 is 22.5 Å². The molecule has 1 amide bonds. The molecule has 1 aromatic heterocycles. The maximum Gasteiger partial charge on any atom is 0.223 e. The first-order chi connectivity index (χ1) is 14.1. The number of nitrogens with zero attached hydrogens (tertiary/aromatic N) is 3. The summed E-state index contributed by atoms with van der Waals surface area (Å²) in [5.41, 5.74) is 0. The first-order valence-electron chi connectivity index (χ1n) is 11.5. The van der Waals surface area contributed by atoms with Crippen LogP contribution in [0.25, 0.3) is 10.8 Å². The fourth-order valence-corrected chi connectivity index (χ4v) is 6.18. The monoisotopic (exact) mass is 391 g/mol. The zero-order valence-electron chi connectivity index (χ0n) is 17.8. The van der Waals surface area contributed by atoms with Gasteiger partial charge in [0.15, 0.2) is 0 Å². The molecule has 2 aromatic rings. The molecule has 0 N–H and O–H groups in total. The van der Waals surface area contributed by atoms with Gasteiger partial charge in [0.2, 0.25) is 5.91 Å². The van der Waals surface area contributed by atoms with Gasteiger partial charge in [0.25, 0.3) is 0 Å². The highest BCUT2D eigenvalue weighted by Gasteiger charge is 2.49. The van der Waals surface area contributed by atoms with Crippen molar-refractivity contribution in [1.82, 2.24) is 9.88 Å². The van der Waals surface area contributed by atoms with Gasteiger partial charge in [0, 0.05) is 43.2 Å². The van der Waals surface area contributed by atoms with E-state index in [1.165, 1.54) is 30.0 Å². The Morgan fingerprint density at radius 1 is 1.14 bits per heavy atom. The summed E-state index contributed by atoms with van der Waals surface area (Å²) in [5.74, 6) is 3.38. The number of piperidine rings is 3. The first kappa shape index (κ1) is 18.9. The Morgan fingerprint density at radius 2 is 1.97 bits per heavy atom. The van der Waals surface area contributed by atoms with Crippen LogP contribution in [0.5, 0.6) is 0 Å². The summed E-state index contributed by atoms with van der Waals surface area (Å²) in [4.78, 5) is 22.7. The number of fused-ring (bicyclic) bond motifs is 5. The van der Waals surface area contributed by atoms with E-state index in [1.807, 2.05) is 6.20 Å². The van der Waals surface area contributed by atoms with Crippen LogP contribution in [0.15, 0.2) is 36.5 Å². The molecule has 3 aliphatic rings. The normalized spacial score (nSPS) is 29.4. The second kappa shape index (κ2) is 7.62. The Balaban J connectivity index is 1.48. The molecular formula is C25H33N3O. The van der Waals surface area contributed by atoms with Crippen molar-refractivity contribution in [2.24, 2.45) is 17.8 Å². The minimum atomic E-state index is 0.407. The zero-order chi connectivity index (χ0) is 20.0. The van der Waals surface area contributed by atoms with E-state index in [2.05, 4.69) is 54.0 Å². The third-order valence-electron chi connectivity index (χ3n) is 7.49. The van der Waals surface area contributed by atoms with E-state index in [9.17, 15) is 4.79 Å². The third-order valence-corrected chi connectivity index (χ3v) is 7.49. The molecule has 3 saturated heterocycles. The second-order valence-corrected chi connectivity index (χ2v) is 9.82. The number of hydrogen-bond donors (Lipinski definition) is 0. The summed E-state index contributed by atoms with van der Waals surface area (Å²) in [6.07, 6.45) is 8.57. The Bertz CT molecular complexity index is 889. The van der Waals surface area contributed by atoms with Gasteiger partial charge in [-0.05, 0) is 61.3 Å². The molecule has 4 atom stereocenters. The van der Waals surface area contributed by atoms with Crippen molar-refractivity contribution in [2.45, 2.75) is 64.5 Å². The number of hydrogen-bond acceptors (Lipinski definition) is 3. The molecule has 1 aromatic carbocycles. The maximum atomic E-state index is 12.9. The van der Waals surface area contributed by atoms with Crippen LogP contribution in [0.3, 0.4) is 0 Å². The summed E-state index contributed by atoms with van der Waals surface area (Å²) in [7, 11) is 0. The summed E-state index contributed by atoms with van der Waals surface area (Å²) in [6.45, 7) is 6.66. The minimum Gasteiger partial charge on any atom is -0.355 e. The van der Waals surface area contributed by atoms with Gasteiger partial charge in [-0.15, -0.1) is 0 Å². The minimum absolute atomic E-state index is 0.407. The second-order valence-electron chi connectivity index (χ2n) is 9.82. The van der Waals surface area contributed by atoms with Gasteiger partial charge in [0.1, 0.15) is 5.82 Å². The van der Waals surface area contributed by atoms with E-state index in [0.717, 1.165) is 38.2 Å². The average Bonchev–Trinajstić information content (AvgIpc) is 2.73. The van der Waals surface area contributed by atoms with E-state index in [4.69, 9.17) is 4.98 Å². The molecule has 0 radical (unpaired) electrons. The Kier molecular flexibility index (Phi) is 4.97. The van der Waals surface area contributed by atoms with E-state index in [1.54, 1.807) is 0 Å². The van der Waals surface area contributed by atoms with Gasteiger partial charge >= 0.3 is 0 Å². The summed E-state index contributed by atoms with van der Waals surface area (Å²) >= 11 is 0.